The zero-order valence-electron chi connectivity index (χ0n) is 14.5. The Kier molecular flexibility index (Phi) is 5.79. The summed E-state index contributed by atoms with van der Waals surface area (Å²) in [6.45, 7) is -0.0884. The van der Waals surface area contributed by atoms with Crippen molar-refractivity contribution in [2.24, 2.45) is 0 Å². The molecule has 3 rings (SSSR count). The van der Waals surface area contributed by atoms with E-state index in [1.807, 2.05) is 30.3 Å². The summed E-state index contributed by atoms with van der Waals surface area (Å²) in [5.74, 6) is -0.775. The number of hydrogen-bond acceptors (Lipinski definition) is 4. The van der Waals surface area contributed by atoms with E-state index in [-0.39, 0.29) is 5.91 Å². The van der Waals surface area contributed by atoms with Crippen LogP contribution in [-0.2, 0) is 11.3 Å². The van der Waals surface area contributed by atoms with Gasteiger partial charge in [0.1, 0.15) is 5.75 Å². The van der Waals surface area contributed by atoms with E-state index in [2.05, 4.69) is 10.3 Å². The second-order valence-electron chi connectivity index (χ2n) is 5.83. The number of aromatic nitrogens is 1. The molecule has 0 aliphatic rings. The molecule has 6 heteroatoms. The number of carboxylic acids is 1. The molecule has 0 fully saturated rings. The highest BCUT2D eigenvalue weighted by Gasteiger charge is 2.07. The maximum atomic E-state index is 12.3. The molecule has 6 nitrogen and oxygen atoms in total. The predicted octanol–water partition coefficient (Wildman–Crippen LogP) is 3.14. The van der Waals surface area contributed by atoms with Crippen LogP contribution >= 0.6 is 0 Å². The third-order valence-electron chi connectivity index (χ3n) is 3.87. The lowest BCUT2D eigenvalue weighted by atomic mass is 10.0. The minimum Gasteiger partial charge on any atom is -0.482 e. The van der Waals surface area contributed by atoms with Gasteiger partial charge in [0.05, 0.1) is 0 Å². The van der Waals surface area contributed by atoms with E-state index < -0.39 is 12.6 Å². The predicted molar refractivity (Wildman–Crippen MR) is 100 cm³/mol. The molecule has 0 radical (unpaired) electrons. The van der Waals surface area contributed by atoms with Crippen LogP contribution < -0.4 is 10.1 Å². The molecule has 27 heavy (non-hydrogen) atoms. The van der Waals surface area contributed by atoms with E-state index >= 15 is 0 Å². The van der Waals surface area contributed by atoms with Gasteiger partial charge in [-0.1, -0.05) is 24.3 Å². The molecule has 0 aliphatic carbocycles. The number of rotatable bonds is 7. The summed E-state index contributed by atoms with van der Waals surface area (Å²) < 4.78 is 5.14. The van der Waals surface area contributed by atoms with Crippen LogP contribution in [0.4, 0.5) is 0 Å². The van der Waals surface area contributed by atoms with Crippen LogP contribution in [0.5, 0.6) is 5.75 Å². The Balaban J connectivity index is 1.59. The Labute approximate surface area is 156 Å². The second kappa shape index (κ2) is 8.62. The number of pyridine rings is 1. The van der Waals surface area contributed by atoms with E-state index in [9.17, 15) is 9.59 Å². The van der Waals surface area contributed by atoms with Crippen LogP contribution in [0.2, 0.25) is 0 Å². The van der Waals surface area contributed by atoms with Gasteiger partial charge in [0.15, 0.2) is 6.61 Å². The number of nitrogens with one attached hydrogen (secondary N) is 1. The quantitative estimate of drug-likeness (QED) is 0.674. The standard InChI is InChI=1S/C21H18N2O4/c24-20(25)14-27-19-3-1-2-15(12-19)13-23-21(26)18-6-4-16(5-7-18)17-8-10-22-11-9-17/h1-12H,13-14H2,(H,23,26)(H,24,25). The first-order chi connectivity index (χ1) is 13.1. The van der Waals surface area contributed by atoms with Crippen molar-refractivity contribution in [2.75, 3.05) is 6.61 Å². The first-order valence-electron chi connectivity index (χ1n) is 8.34. The second-order valence-corrected chi connectivity index (χ2v) is 5.83. The van der Waals surface area contributed by atoms with Gasteiger partial charge in [-0.2, -0.15) is 0 Å². The molecule has 0 spiro atoms. The van der Waals surface area contributed by atoms with Gasteiger partial charge in [0, 0.05) is 24.5 Å². The van der Waals surface area contributed by atoms with E-state index in [4.69, 9.17) is 9.84 Å². The molecular weight excluding hydrogens is 344 g/mol. The van der Waals surface area contributed by atoms with Crippen molar-refractivity contribution in [3.63, 3.8) is 0 Å². The van der Waals surface area contributed by atoms with Crippen molar-refractivity contribution in [3.8, 4) is 16.9 Å². The van der Waals surface area contributed by atoms with Crippen molar-refractivity contribution >= 4 is 11.9 Å². The number of hydrogen-bond donors (Lipinski definition) is 2. The highest BCUT2D eigenvalue weighted by atomic mass is 16.5. The third kappa shape index (κ3) is 5.15. The summed E-state index contributed by atoms with van der Waals surface area (Å²) in [5.41, 5.74) is 3.43. The van der Waals surface area contributed by atoms with Gasteiger partial charge in [-0.3, -0.25) is 9.78 Å². The van der Waals surface area contributed by atoms with Crippen molar-refractivity contribution in [1.29, 1.82) is 0 Å². The summed E-state index contributed by atoms with van der Waals surface area (Å²) in [5, 5.41) is 11.5. The number of aliphatic carboxylic acids is 1. The third-order valence-corrected chi connectivity index (χ3v) is 3.87. The van der Waals surface area contributed by atoms with Gasteiger partial charge in [-0.15, -0.1) is 0 Å². The summed E-state index contributed by atoms with van der Waals surface area (Å²) >= 11 is 0. The fourth-order valence-electron chi connectivity index (χ4n) is 2.53. The maximum Gasteiger partial charge on any atom is 0.341 e. The number of carbonyl (C=O) groups excluding carboxylic acids is 1. The van der Waals surface area contributed by atoms with Gasteiger partial charge in [0.25, 0.3) is 5.91 Å². The van der Waals surface area contributed by atoms with E-state index in [0.29, 0.717) is 17.9 Å². The van der Waals surface area contributed by atoms with Crippen LogP contribution in [0.3, 0.4) is 0 Å². The fourth-order valence-corrected chi connectivity index (χ4v) is 2.53. The maximum absolute atomic E-state index is 12.3. The fraction of sp³-hybridized carbons (Fsp3) is 0.0952. The Bertz CT molecular complexity index is 924. The minimum atomic E-state index is -1.04. The average molecular weight is 362 g/mol. The SMILES string of the molecule is O=C(O)COc1cccc(CNC(=O)c2ccc(-c3ccncc3)cc2)c1. The van der Waals surface area contributed by atoms with Crippen molar-refractivity contribution in [3.05, 3.63) is 84.2 Å². The monoisotopic (exact) mass is 362 g/mol. The molecule has 0 bridgehead atoms. The summed E-state index contributed by atoms with van der Waals surface area (Å²) in [6.07, 6.45) is 3.45. The topological polar surface area (TPSA) is 88.5 Å². The molecule has 2 N–H and O–H groups in total. The molecule has 0 saturated heterocycles. The molecule has 1 amide bonds. The lowest BCUT2D eigenvalue weighted by Crippen LogP contribution is -2.22. The minimum absolute atomic E-state index is 0.187. The van der Waals surface area contributed by atoms with Gasteiger partial charge in [0.2, 0.25) is 0 Å². The highest BCUT2D eigenvalue weighted by molar-refractivity contribution is 5.94. The molecule has 1 heterocycles. The van der Waals surface area contributed by atoms with Crippen LogP contribution in [0.25, 0.3) is 11.1 Å². The molecule has 0 atom stereocenters. The van der Waals surface area contributed by atoms with Crippen LogP contribution in [0, 0.1) is 0 Å². The largest absolute Gasteiger partial charge is 0.482 e. The first kappa shape index (κ1) is 18.1. The number of amides is 1. The Morgan fingerprint density at radius 1 is 0.963 bits per heavy atom. The molecule has 0 aliphatic heterocycles. The number of carboxylic acid groups (broad SMARTS) is 1. The van der Waals surface area contributed by atoms with Gasteiger partial charge >= 0.3 is 5.97 Å². The lowest BCUT2D eigenvalue weighted by Gasteiger charge is -2.08. The van der Waals surface area contributed by atoms with Gasteiger partial charge < -0.3 is 15.2 Å². The number of ether oxygens (including phenoxy) is 1. The highest BCUT2D eigenvalue weighted by Crippen LogP contribution is 2.19. The van der Waals surface area contributed by atoms with Crippen molar-refractivity contribution in [1.82, 2.24) is 10.3 Å². The summed E-state index contributed by atoms with van der Waals surface area (Å²) in [7, 11) is 0. The molecule has 0 saturated carbocycles. The van der Waals surface area contributed by atoms with Gasteiger partial charge in [-0.25, -0.2) is 4.79 Å². The van der Waals surface area contributed by atoms with Crippen LogP contribution in [0.15, 0.2) is 73.1 Å². The molecule has 1 aromatic heterocycles. The number of benzene rings is 2. The zero-order chi connectivity index (χ0) is 19.1. The zero-order valence-corrected chi connectivity index (χ0v) is 14.5. The number of nitrogens with zero attached hydrogens (tertiary/aromatic N) is 1. The Morgan fingerprint density at radius 3 is 2.37 bits per heavy atom. The molecule has 136 valence electrons. The van der Waals surface area contributed by atoms with E-state index in [1.165, 1.54) is 0 Å². The smallest absolute Gasteiger partial charge is 0.341 e. The van der Waals surface area contributed by atoms with Gasteiger partial charge in [-0.05, 0) is 53.1 Å². The molecule has 2 aromatic carbocycles. The molecular formula is C21H18N2O4. The first-order valence-corrected chi connectivity index (χ1v) is 8.34. The number of carbonyl (C=O) groups is 2. The average Bonchev–Trinajstić information content (AvgIpc) is 2.71. The van der Waals surface area contributed by atoms with Crippen LogP contribution in [-0.4, -0.2) is 28.6 Å². The summed E-state index contributed by atoms with van der Waals surface area (Å²) in [4.78, 5) is 26.9. The lowest BCUT2D eigenvalue weighted by molar-refractivity contribution is -0.139. The van der Waals surface area contributed by atoms with Crippen molar-refractivity contribution < 1.29 is 19.4 Å². The van der Waals surface area contributed by atoms with E-state index in [1.54, 1.807) is 42.7 Å². The normalized spacial score (nSPS) is 10.2. The Hall–Kier alpha value is -3.67. The van der Waals surface area contributed by atoms with Crippen molar-refractivity contribution in [2.45, 2.75) is 6.54 Å². The van der Waals surface area contributed by atoms with Crippen LogP contribution in [0.1, 0.15) is 15.9 Å². The molecule has 0 unspecified atom stereocenters. The molecule has 3 aromatic rings. The summed E-state index contributed by atoms with van der Waals surface area (Å²) in [6, 6.07) is 18.1. The Morgan fingerprint density at radius 2 is 1.67 bits per heavy atom. The van der Waals surface area contributed by atoms with E-state index in [0.717, 1.165) is 16.7 Å².